The summed E-state index contributed by atoms with van der Waals surface area (Å²) >= 11 is 0. The number of ether oxygens (including phenoxy) is 2. The minimum absolute atomic E-state index is 0.284. The predicted octanol–water partition coefficient (Wildman–Crippen LogP) is 5.41. The molecule has 2 aromatic carbocycles. The third-order valence-electron chi connectivity index (χ3n) is 4.82. The second-order valence-corrected chi connectivity index (χ2v) is 7.05. The third kappa shape index (κ3) is 8.26. The van der Waals surface area contributed by atoms with Gasteiger partial charge in [0.1, 0.15) is 0 Å². The van der Waals surface area contributed by atoms with Gasteiger partial charge in [0.2, 0.25) is 0 Å². The summed E-state index contributed by atoms with van der Waals surface area (Å²) in [6.07, 6.45) is 3.13. The van der Waals surface area contributed by atoms with Gasteiger partial charge < -0.3 is 14.6 Å². The van der Waals surface area contributed by atoms with Gasteiger partial charge in [0.05, 0.1) is 38.1 Å². The summed E-state index contributed by atoms with van der Waals surface area (Å²) < 4.78 is 12.4. The lowest BCUT2D eigenvalue weighted by molar-refractivity contribution is -0.104. The number of aliphatic hydroxyl groups is 1. The zero-order valence-corrected chi connectivity index (χ0v) is 17.1. The summed E-state index contributed by atoms with van der Waals surface area (Å²) in [6.45, 7) is 2.67. The Morgan fingerprint density at radius 2 is 1.52 bits per heavy atom. The highest BCUT2D eigenvalue weighted by Gasteiger charge is 2.30. The van der Waals surface area contributed by atoms with Crippen LogP contribution in [0, 0.1) is 0 Å². The van der Waals surface area contributed by atoms with Gasteiger partial charge in [0.25, 0.3) is 0 Å². The van der Waals surface area contributed by atoms with Crippen molar-refractivity contribution in [3.8, 4) is 0 Å². The fourth-order valence-electron chi connectivity index (χ4n) is 3.22. The van der Waals surface area contributed by atoms with Crippen molar-refractivity contribution < 1.29 is 14.6 Å². The van der Waals surface area contributed by atoms with Crippen LogP contribution in [0.4, 0.5) is 0 Å². The quantitative estimate of drug-likeness (QED) is 0.200. The van der Waals surface area contributed by atoms with Gasteiger partial charge >= 0.3 is 0 Å². The Bertz CT molecular complexity index is 721. The van der Waals surface area contributed by atoms with Gasteiger partial charge in [0.15, 0.2) is 0 Å². The maximum Gasteiger partial charge on any atom is 0.0948 e. The lowest BCUT2D eigenvalue weighted by Gasteiger charge is -2.31. The van der Waals surface area contributed by atoms with Crippen LogP contribution in [0.3, 0.4) is 0 Å². The number of hydrogen-bond donors (Lipinski definition) is 1. The number of benzene rings is 2. The summed E-state index contributed by atoms with van der Waals surface area (Å²) in [4.78, 5) is 2.91. The molecule has 6 heteroatoms. The van der Waals surface area contributed by atoms with Crippen LogP contribution in [-0.2, 0) is 22.7 Å². The zero-order valence-electron chi connectivity index (χ0n) is 17.1. The number of nitrogens with zero attached hydrogens (tertiary/aromatic N) is 3. The SMILES string of the molecule is CCCCC[C@@H](OCc1ccccc1)[C@@H](OCc1ccccc1)[C@H](CO)N=[N+]=[N-]. The molecule has 3 atom stereocenters. The van der Waals surface area contributed by atoms with Gasteiger partial charge in [-0.25, -0.2) is 0 Å². The van der Waals surface area contributed by atoms with E-state index in [1.54, 1.807) is 0 Å². The molecule has 0 saturated heterocycles. The normalized spacial score (nSPS) is 14.0. The molecule has 156 valence electrons. The fourth-order valence-corrected chi connectivity index (χ4v) is 3.22. The third-order valence-corrected chi connectivity index (χ3v) is 4.82. The Labute approximate surface area is 173 Å². The summed E-state index contributed by atoms with van der Waals surface area (Å²) in [5, 5.41) is 13.6. The molecule has 0 aliphatic carbocycles. The molecule has 1 N–H and O–H groups in total. The molecule has 0 saturated carbocycles. The molecule has 2 aromatic rings. The first kappa shape index (κ1) is 22.9. The highest BCUT2D eigenvalue weighted by molar-refractivity contribution is 5.14. The average Bonchev–Trinajstić information content (AvgIpc) is 2.77. The summed E-state index contributed by atoms with van der Waals surface area (Å²) in [5.41, 5.74) is 11.0. The van der Waals surface area contributed by atoms with Crippen molar-refractivity contribution in [1.29, 1.82) is 0 Å². The highest BCUT2D eigenvalue weighted by atomic mass is 16.5. The predicted molar refractivity (Wildman–Crippen MR) is 114 cm³/mol. The van der Waals surface area contributed by atoms with E-state index in [0.29, 0.717) is 13.2 Å². The van der Waals surface area contributed by atoms with Gasteiger partial charge in [0, 0.05) is 4.91 Å². The van der Waals surface area contributed by atoms with E-state index < -0.39 is 12.1 Å². The first-order valence-corrected chi connectivity index (χ1v) is 10.2. The highest BCUT2D eigenvalue weighted by Crippen LogP contribution is 2.21. The van der Waals surface area contributed by atoms with Crippen molar-refractivity contribution in [3.63, 3.8) is 0 Å². The van der Waals surface area contributed by atoms with Crippen LogP contribution in [-0.4, -0.2) is 30.0 Å². The van der Waals surface area contributed by atoms with E-state index in [4.69, 9.17) is 15.0 Å². The fraction of sp³-hybridized carbons (Fsp3) is 0.478. The second kappa shape index (κ2) is 13.7. The zero-order chi connectivity index (χ0) is 20.7. The molecule has 2 rings (SSSR count). The number of rotatable bonds is 14. The molecule has 29 heavy (non-hydrogen) atoms. The Morgan fingerprint density at radius 3 is 2.03 bits per heavy atom. The minimum Gasteiger partial charge on any atom is -0.396 e. The van der Waals surface area contributed by atoms with Crippen molar-refractivity contribution in [1.82, 2.24) is 0 Å². The van der Waals surface area contributed by atoms with Gasteiger partial charge in [-0.05, 0) is 23.1 Å². The number of aliphatic hydroxyl groups excluding tert-OH is 1. The standard InChI is InChI=1S/C23H31N3O3/c1-2-3-6-15-22(28-17-19-11-7-4-8-12-19)23(21(16-27)25-26-24)29-18-20-13-9-5-10-14-20/h4-5,7-14,21-23,27H,2-3,6,15-18H2,1H3/t21-,22+,23-/m0/s1. The summed E-state index contributed by atoms with van der Waals surface area (Å²) in [5.74, 6) is 0. The van der Waals surface area contributed by atoms with Gasteiger partial charge in [-0.1, -0.05) is 92.0 Å². The summed E-state index contributed by atoms with van der Waals surface area (Å²) in [7, 11) is 0. The maximum atomic E-state index is 9.83. The van der Waals surface area contributed by atoms with Crippen LogP contribution in [0.1, 0.15) is 43.7 Å². The number of azide groups is 1. The van der Waals surface area contributed by atoms with E-state index in [-0.39, 0.29) is 12.7 Å². The molecule has 0 bridgehead atoms. The largest absolute Gasteiger partial charge is 0.396 e. The first-order chi connectivity index (χ1) is 14.3. The molecular formula is C23H31N3O3. The van der Waals surface area contributed by atoms with Crippen molar-refractivity contribution >= 4 is 0 Å². The molecular weight excluding hydrogens is 366 g/mol. The van der Waals surface area contributed by atoms with Crippen molar-refractivity contribution in [2.24, 2.45) is 5.11 Å². The average molecular weight is 398 g/mol. The van der Waals surface area contributed by atoms with E-state index in [9.17, 15) is 5.11 Å². The lowest BCUT2D eigenvalue weighted by Crippen LogP contribution is -2.42. The van der Waals surface area contributed by atoms with Gasteiger partial charge in [-0.2, -0.15) is 0 Å². The molecule has 0 amide bonds. The Morgan fingerprint density at radius 1 is 0.931 bits per heavy atom. The molecule has 0 heterocycles. The van der Waals surface area contributed by atoms with Crippen molar-refractivity contribution in [2.75, 3.05) is 6.61 Å². The molecule has 0 aliphatic rings. The monoisotopic (exact) mass is 397 g/mol. The molecule has 0 unspecified atom stereocenters. The Kier molecular flexibility index (Phi) is 10.9. The molecule has 0 aromatic heterocycles. The molecule has 6 nitrogen and oxygen atoms in total. The Balaban J connectivity index is 2.15. The number of hydrogen-bond acceptors (Lipinski definition) is 4. The van der Waals surface area contributed by atoms with Crippen molar-refractivity contribution in [2.45, 2.75) is 64.1 Å². The van der Waals surface area contributed by atoms with Crippen LogP contribution >= 0.6 is 0 Å². The van der Waals surface area contributed by atoms with Crippen LogP contribution in [0.2, 0.25) is 0 Å². The van der Waals surface area contributed by atoms with Gasteiger partial charge in [-0.15, -0.1) is 0 Å². The van der Waals surface area contributed by atoms with Crippen LogP contribution < -0.4 is 0 Å². The van der Waals surface area contributed by atoms with E-state index >= 15 is 0 Å². The van der Waals surface area contributed by atoms with E-state index in [1.807, 2.05) is 60.7 Å². The maximum absolute atomic E-state index is 9.83. The Hall–Kier alpha value is -2.37. The lowest BCUT2D eigenvalue weighted by atomic mass is 10.00. The van der Waals surface area contributed by atoms with Crippen LogP contribution in [0.25, 0.3) is 10.4 Å². The van der Waals surface area contributed by atoms with E-state index in [0.717, 1.165) is 36.8 Å². The topological polar surface area (TPSA) is 87.5 Å². The first-order valence-electron chi connectivity index (χ1n) is 10.2. The van der Waals surface area contributed by atoms with Gasteiger partial charge in [-0.3, -0.25) is 0 Å². The molecule has 0 radical (unpaired) electrons. The molecule has 0 spiro atoms. The smallest absolute Gasteiger partial charge is 0.0948 e. The summed E-state index contributed by atoms with van der Waals surface area (Å²) in [6, 6.07) is 19.1. The van der Waals surface area contributed by atoms with Crippen molar-refractivity contribution in [3.05, 3.63) is 82.2 Å². The minimum atomic E-state index is -0.703. The van der Waals surface area contributed by atoms with E-state index in [2.05, 4.69) is 16.9 Å². The molecule has 0 fully saturated rings. The van der Waals surface area contributed by atoms with Crippen LogP contribution in [0.5, 0.6) is 0 Å². The molecule has 0 aliphatic heterocycles. The van der Waals surface area contributed by atoms with E-state index in [1.165, 1.54) is 0 Å². The second-order valence-electron chi connectivity index (χ2n) is 7.05. The van der Waals surface area contributed by atoms with Crippen LogP contribution in [0.15, 0.2) is 65.8 Å². The number of unbranched alkanes of at least 4 members (excludes halogenated alkanes) is 2.